The summed E-state index contributed by atoms with van der Waals surface area (Å²) in [6.45, 7) is 4.40. The number of amides is 1. The van der Waals surface area contributed by atoms with E-state index in [0.29, 0.717) is 12.8 Å². The standard InChI is InChI=1S/C53H107NO3/c1-3-5-7-9-11-13-15-17-19-21-22-23-24-25-26-27-28-29-30-31-33-35-37-39-41-43-45-47-49-53(57)54-51(50-55)52(56)48-46-44-42-40-38-36-34-32-20-18-16-14-12-10-8-6-4-2/h51-52,55-56H,3-50H2,1-2H3,(H,54,57). The summed E-state index contributed by atoms with van der Waals surface area (Å²) < 4.78 is 0. The van der Waals surface area contributed by atoms with Crippen LogP contribution in [0.4, 0.5) is 0 Å². The van der Waals surface area contributed by atoms with E-state index in [2.05, 4.69) is 19.2 Å². The van der Waals surface area contributed by atoms with Crippen molar-refractivity contribution in [2.75, 3.05) is 6.61 Å². The van der Waals surface area contributed by atoms with Crippen molar-refractivity contribution in [2.45, 2.75) is 328 Å². The number of aliphatic hydroxyl groups is 2. The van der Waals surface area contributed by atoms with Crippen molar-refractivity contribution in [3.8, 4) is 0 Å². The van der Waals surface area contributed by atoms with E-state index in [1.165, 1.54) is 263 Å². The molecule has 4 nitrogen and oxygen atoms in total. The van der Waals surface area contributed by atoms with Gasteiger partial charge in [0.15, 0.2) is 0 Å². The van der Waals surface area contributed by atoms with Crippen LogP contribution in [-0.2, 0) is 4.79 Å². The molecule has 0 spiro atoms. The highest BCUT2D eigenvalue weighted by Gasteiger charge is 2.20. The van der Waals surface area contributed by atoms with Crippen molar-refractivity contribution < 1.29 is 15.0 Å². The zero-order chi connectivity index (χ0) is 41.4. The molecule has 2 unspecified atom stereocenters. The van der Waals surface area contributed by atoms with E-state index >= 15 is 0 Å². The molecule has 0 aromatic heterocycles. The number of aliphatic hydroxyl groups excluding tert-OH is 2. The molecule has 0 heterocycles. The Morgan fingerprint density at radius 1 is 0.351 bits per heavy atom. The smallest absolute Gasteiger partial charge is 0.220 e. The molecule has 0 rings (SSSR count). The average Bonchev–Trinajstić information content (AvgIpc) is 3.22. The number of hydrogen-bond acceptors (Lipinski definition) is 3. The lowest BCUT2D eigenvalue weighted by Gasteiger charge is -2.22. The highest BCUT2D eigenvalue weighted by molar-refractivity contribution is 5.76. The molecule has 0 fully saturated rings. The minimum atomic E-state index is -0.654. The van der Waals surface area contributed by atoms with Gasteiger partial charge in [-0.05, 0) is 12.8 Å². The van der Waals surface area contributed by atoms with Crippen molar-refractivity contribution >= 4 is 5.91 Å². The van der Waals surface area contributed by atoms with Crippen molar-refractivity contribution in [1.82, 2.24) is 5.32 Å². The van der Waals surface area contributed by atoms with Crippen LogP contribution in [0, 0.1) is 0 Å². The number of carbonyl (C=O) groups is 1. The molecule has 0 aliphatic carbocycles. The Balaban J connectivity index is 3.39. The average molecular weight is 806 g/mol. The van der Waals surface area contributed by atoms with Gasteiger partial charge in [-0.3, -0.25) is 4.79 Å². The fourth-order valence-electron chi connectivity index (χ4n) is 8.78. The van der Waals surface area contributed by atoms with Gasteiger partial charge in [-0.25, -0.2) is 0 Å². The molecule has 0 aromatic rings. The highest BCUT2D eigenvalue weighted by Crippen LogP contribution is 2.18. The largest absolute Gasteiger partial charge is 0.394 e. The zero-order valence-electron chi connectivity index (χ0n) is 39.4. The van der Waals surface area contributed by atoms with Crippen LogP contribution < -0.4 is 5.32 Å². The second-order valence-corrected chi connectivity index (χ2v) is 18.7. The minimum Gasteiger partial charge on any atom is -0.394 e. The van der Waals surface area contributed by atoms with Crippen LogP contribution >= 0.6 is 0 Å². The molecule has 1 amide bonds. The first-order valence-corrected chi connectivity index (χ1v) is 26.7. The Morgan fingerprint density at radius 2 is 0.561 bits per heavy atom. The lowest BCUT2D eigenvalue weighted by molar-refractivity contribution is -0.123. The predicted molar refractivity (Wildman–Crippen MR) is 253 cm³/mol. The number of nitrogens with one attached hydrogen (secondary N) is 1. The molecule has 4 heteroatoms. The molecule has 0 radical (unpaired) electrons. The molecule has 0 saturated carbocycles. The number of rotatable bonds is 50. The fraction of sp³-hybridized carbons (Fsp3) is 0.981. The van der Waals surface area contributed by atoms with Gasteiger partial charge in [-0.2, -0.15) is 0 Å². The van der Waals surface area contributed by atoms with E-state index < -0.39 is 12.1 Å². The van der Waals surface area contributed by atoms with E-state index in [-0.39, 0.29) is 12.5 Å². The maximum atomic E-state index is 12.5. The van der Waals surface area contributed by atoms with Crippen molar-refractivity contribution in [1.29, 1.82) is 0 Å². The van der Waals surface area contributed by atoms with Crippen molar-refractivity contribution in [3.05, 3.63) is 0 Å². The third kappa shape index (κ3) is 46.3. The quantitative estimate of drug-likeness (QED) is 0.0536. The van der Waals surface area contributed by atoms with Crippen LogP contribution in [0.5, 0.6) is 0 Å². The highest BCUT2D eigenvalue weighted by atomic mass is 16.3. The third-order valence-corrected chi connectivity index (χ3v) is 12.9. The first kappa shape index (κ1) is 56.4. The summed E-state index contributed by atoms with van der Waals surface area (Å²) in [5.74, 6) is -0.0229. The van der Waals surface area contributed by atoms with E-state index in [4.69, 9.17) is 0 Å². The molecule has 0 aliphatic heterocycles. The topological polar surface area (TPSA) is 69.6 Å². The first-order chi connectivity index (χ1) is 28.2. The van der Waals surface area contributed by atoms with Crippen LogP contribution in [0.3, 0.4) is 0 Å². The summed E-state index contributed by atoms with van der Waals surface area (Å²) >= 11 is 0. The molecular weight excluding hydrogens is 699 g/mol. The van der Waals surface area contributed by atoms with E-state index in [1.54, 1.807) is 0 Å². The second-order valence-electron chi connectivity index (χ2n) is 18.7. The number of hydrogen-bond donors (Lipinski definition) is 3. The van der Waals surface area contributed by atoms with E-state index in [1.807, 2.05) is 0 Å². The molecule has 342 valence electrons. The van der Waals surface area contributed by atoms with Gasteiger partial charge < -0.3 is 15.5 Å². The Morgan fingerprint density at radius 3 is 0.789 bits per heavy atom. The fourth-order valence-corrected chi connectivity index (χ4v) is 8.78. The van der Waals surface area contributed by atoms with Crippen LogP contribution in [0.25, 0.3) is 0 Å². The Labute approximate surface area is 359 Å². The zero-order valence-corrected chi connectivity index (χ0v) is 39.4. The van der Waals surface area contributed by atoms with Crippen molar-refractivity contribution in [3.63, 3.8) is 0 Å². The first-order valence-electron chi connectivity index (χ1n) is 26.7. The van der Waals surface area contributed by atoms with Crippen molar-refractivity contribution in [2.24, 2.45) is 0 Å². The molecular formula is C53H107NO3. The van der Waals surface area contributed by atoms with Gasteiger partial charge in [0.1, 0.15) is 0 Å². The predicted octanol–water partition coefficient (Wildman–Crippen LogP) is 17.2. The van der Waals surface area contributed by atoms with Crippen LogP contribution in [0.1, 0.15) is 316 Å². The van der Waals surface area contributed by atoms with Gasteiger partial charge in [-0.15, -0.1) is 0 Å². The monoisotopic (exact) mass is 806 g/mol. The Bertz CT molecular complexity index is 744. The number of carbonyl (C=O) groups excluding carboxylic acids is 1. The van der Waals surface area contributed by atoms with Crippen LogP contribution in [-0.4, -0.2) is 34.9 Å². The summed E-state index contributed by atoms with van der Waals surface area (Å²) in [6, 6.07) is -0.530. The molecule has 57 heavy (non-hydrogen) atoms. The van der Waals surface area contributed by atoms with E-state index in [0.717, 1.165) is 25.7 Å². The molecule has 3 N–H and O–H groups in total. The number of unbranched alkanes of at least 4 members (excludes halogenated alkanes) is 43. The van der Waals surface area contributed by atoms with Gasteiger partial charge in [0.2, 0.25) is 5.91 Å². The summed E-state index contributed by atoms with van der Waals surface area (Å²) in [6.07, 6.45) is 62.2. The second kappa shape index (κ2) is 49.8. The molecule has 0 saturated heterocycles. The summed E-state index contributed by atoms with van der Waals surface area (Å²) in [4.78, 5) is 12.5. The Hall–Kier alpha value is -0.610. The van der Waals surface area contributed by atoms with Gasteiger partial charge in [-0.1, -0.05) is 296 Å². The summed E-state index contributed by atoms with van der Waals surface area (Å²) in [7, 11) is 0. The lowest BCUT2D eigenvalue weighted by atomic mass is 10.0. The maximum Gasteiger partial charge on any atom is 0.220 e. The van der Waals surface area contributed by atoms with Gasteiger partial charge in [0.25, 0.3) is 0 Å². The lowest BCUT2D eigenvalue weighted by Crippen LogP contribution is -2.45. The SMILES string of the molecule is CCCCCCCCCCCCCCCCCCCCCCCCCCCCCCC(=O)NC(CO)C(O)CCCCCCCCCCCCCCCCCCC. The molecule has 0 bridgehead atoms. The molecule has 2 atom stereocenters. The minimum absolute atomic E-state index is 0.0229. The molecule has 0 aromatic carbocycles. The Kier molecular flexibility index (Phi) is 49.2. The maximum absolute atomic E-state index is 12.5. The third-order valence-electron chi connectivity index (χ3n) is 12.9. The van der Waals surface area contributed by atoms with Gasteiger partial charge >= 0.3 is 0 Å². The molecule has 0 aliphatic rings. The van der Waals surface area contributed by atoms with Crippen LogP contribution in [0.2, 0.25) is 0 Å². The van der Waals surface area contributed by atoms with E-state index in [9.17, 15) is 15.0 Å². The summed E-state index contributed by atoms with van der Waals surface area (Å²) in [5.41, 5.74) is 0. The van der Waals surface area contributed by atoms with Crippen LogP contribution in [0.15, 0.2) is 0 Å². The van der Waals surface area contributed by atoms with Gasteiger partial charge in [0, 0.05) is 6.42 Å². The normalized spacial score (nSPS) is 12.7. The van der Waals surface area contributed by atoms with Gasteiger partial charge in [0.05, 0.1) is 18.8 Å². The summed E-state index contributed by atoms with van der Waals surface area (Å²) in [5, 5.41) is 23.3.